The summed E-state index contributed by atoms with van der Waals surface area (Å²) in [4.78, 5) is 13.0. The summed E-state index contributed by atoms with van der Waals surface area (Å²) in [5.41, 5.74) is 0. The number of esters is 1. The number of rotatable bonds is 43. The zero-order valence-electron chi connectivity index (χ0n) is 44.6. The second-order valence-electron chi connectivity index (χ2n) is 19.0. The molecule has 14 nitrogen and oxygen atoms in total. The Hall–Kier alpha value is -3.09. The van der Waals surface area contributed by atoms with Crippen LogP contribution in [0.3, 0.4) is 0 Å². The zero-order valence-corrected chi connectivity index (χ0v) is 44.6. The Morgan fingerprint density at radius 2 is 0.890 bits per heavy atom. The lowest BCUT2D eigenvalue weighted by Gasteiger charge is -2.42. The Labute approximate surface area is 439 Å². The van der Waals surface area contributed by atoms with E-state index >= 15 is 0 Å². The van der Waals surface area contributed by atoms with E-state index in [2.05, 4.69) is 111 Å². The van der Waals surface area contributed by atoms with Crippen molar-refractivity contribution in [3.63, 3.8) is 0 Å². The molecule has 0 radical (unpaired) electrons. The molecule has 2 saturated heterocycles. The average molecular weight is 1030 g/mol. The molecule has 0 aromatic heterocycles. The Bertz CT molecular complexity index is 1570. The third-order valence-electron chi connectivity index (χ3n) is 12.6. The van der Waals surface area contributed by atoms with E-state index in [1.807, 2.05) is 0 Å². The number of ether oxygens (including phenoxy) is 6. The van der Waals surface area contributed by atoms with Gasteiger partial charge in [-0.2, -0.15) is 0 Å². The molecule has 418 valence electrons. The van der Waals surface area contributed by atoms with Gasteiger partial charge in [-0.15, -0.1) is 0 Å². The maximum atomic E-state index is 13.0. The summed E-state index contributed by atoms with van der Waals surface area (Å²) in [5.74, 6) is -0.402. The molecule has 0 spiro atoms. The van der Waals surface area contributed by atoms with E-state index in [0.29, 0.717) is 13.0 Å². The molecule has 2 aliphatic rings. The number of hydrogen-bond acceptors (Lipinski definition) is 14. The van der Waals surface area contributed by atoms with Crippen molar-refractivity contribution >= 4 is 5.97 Å². The van der Waals surface area contributed by atoms with E-state index in [4.69, 9.17) is 28.4 Å². The Morgan fingerprint density at radius 3 is 1.40 bits per heavy atom. The van der Waals surface area contributed by atoms with Crippen LogP contribution in [-0.2, 0) is 33.2 Å². The molecule has 7 N–H and O–H groups in total. The molecular formula is C59H98O14. The Kier molecular flexibility index (Phi) is 40.8. The summed E-state index contributed by atoms with van der Waals surface area (Å²) in [6.07, 6.45) is 43.2. The topological polar surface area (TPSA) is 214 Å². The van der Waals surface area contributed by atoms with Gasteiger partial charge in [0.2, 0.25) is 0 Å². The standard InChI is InChI=1S/C59H98O14/c1-3-5-7-9-11-13-15-17-19-20-21-22-23-24-25-26-27-29-31-33-35-37-39-41-43-68-45-48(71-51(61)42-40-38-36-34-32-30-28-18-16-14-12-10-8-6-4-2)46-69-58-57(67)55(65)53(63)50(73-58)47-70-59-56(66)54(64)52(62)49(44-60)72-59/h5,7,11-14,17-19,21-22,24-25,27-29,48-50,52-60,62-67H,3-4,6,8-10,15-16,20,23,26,30-47H2,1-2H3/b7-5-,13-11-,14-12-,19-17-,22-21-,25-24-,28-18-,29-27-. The predicted octanol–water partition coefficient (Wildman–Crippen LogP) is 9.41. The van der Waals surface area contributed by atoms with Gasteiger partial charge in [0.05, 0.1) is 26.4 Å². The third kappa shape index (κ3) is 32.2. The van der Waals surface area contributed by atoms with Crippen molar-refractivity contribution in [3.05, 3.63) is 97.2 Å². The van der Waals surface area contributed by atoms with Gasteiger partial charge >= 0.3 is 5.97 Å². The van der Waals surface area contributed by atoms with Gasteiger partial charge in [0, 0.05) is 13.0 Å². The van der Waals surface area contributed by atoms with E-state index in [0.717, 1.165) is 122 Å². The fourth-order valence-corrected chi connectivity index (χ4v) is 8.08. The number of hydrogen-bond donors (Lipinski definition) is 7. The first kappa shape index (κ1) is 66.0. The minimum Gasteiger partial charge on any atom is -0.457 e. The smallest absolute Gasteiger partial charge is 0.306 e. The Morgan fingerprint density at radius 1 is 0.466 bits per heavy atom. The highest BCUT2D eigenvalue weighted by Gasteiger charge is 2.47. The molecule has 0 amide bonds. The van der Waals surface area contributed by atoms with Gasteiger partial charge in [-0.1, -0.05) is 162 Å². The average Bonchev–Trinajstić information content (AvgIpc) is 3.39. The van der Waals surface area contributed by atoms with E-state index in [1.165, 1.54) is 19.3 Å². The van der Waals surface area contributed by atoms with Crippen LogP contribution in [0.2, 0.25) is 0 Å². The normalized spacial score (nSPS) is 25.7. The second-order valence-corrected chi connectivity index (χ2v) is 19.0. The van der Waals surface area contributed by atoms with Crippen LogP contribution in [0.5, 0.6) is 0 Å². The second kappa shape index (κ2) is 45.1. The van der Waals surface area contributed by atoms with Gasteiger partial charge in [-0.05, 0) is 96.3 Å². The lowest BCUT2D eigenvalue weighted by Crippen LogP contribution is -2.61. The Balaban J connectivity index is 1.75. The van der Waals surface area contributed by atoms with Crippen LogP contribution in [-0.4, -0.2) is 142 Å². The zero-order chi connectivity index (χ0) is 53.0. The molecule has 2 fully saturated rings. The van der Waals surface area contributed by atoms with Gasteiger partial charge in [-0.3, -0.25) is 4.79 Å². The molecule has 2 heterocycles. The summed E-state index contributed by atoms with van der Waals surface area (Å²) in [7, 11) is 0. The van der Waals surface area contributed by atoms with Crippen molar-refractivity contribution < 1.29 is 69.0 Å². The summed E-state index contributed by atoms with van der Waals surface area (Å²) in [5, 5.41) is 72.3. The molecule has 0 aliphatic carbocycles. The number of aliphatic hydroxyl groups excluding tert-OH is 7. The van der Waals surface area contributed by atoms with Gasteiger partial charge < -0.3 is 64.2 Å². The summed E-state index contributed by atoms with van der Waals surface area (Å²) >= 11 is 0. The summed E-state index contributed by atoms with van der Waals surface area (Å²) in [6.45, 7) is 3.46. The first-order valence-electron chi connectivity index (χ1n) is 27.8. The van der Waals surface area contributed by atoms with Gasteiger partial charge in [0.15, 0.2) is 12.6 Å². The van der Waals surface area contributed by atoms with Crippen molar-refractivity contribution in [2.75, 3.05) is 33.0 Å². The van der Waals surface area contributed by atoms with E-state index in [-0.39, 0.29) is 19.6 Å². The number of carbonyl (C=O) groups is 1. The molecule has 0 saturated carbocycles. The van der Waals surface area contributed by atoms with Crippen LogP contribution in [0.1, 0.15) is 168 Å². The quantitative estimate of drug-likeness (QED) is 0.0172. The van der Waals surface area contributed by atoms with Crippen molar-refractivity contribution in [2.24, 2.45) is 0 Å². The fraction of sp³-hybridized carbons (Fsp3) is 0.712. The number of carbonyl (C=O) groups excluding carboxylic acids is 1. The fourth-order valence-electron chi connectivity index (χ4n) is 8.08. The van der Waals surface area contributed by atoms with Crippen LogP contribution >= 0.6 is 0 Å². The van der Waals surface area contributed by atoms with Crippen LogP contribution in [0, 0.1) is 0 Å². The molecule has 73 heavy (non-hydrogen) atoms. The maximum Gasteiger partial charge on any atom is 0.306 e. The van der Waals surface area contributed by atoms with Crippen molar-refractivity contribution in [2.45, 2.75) is 235 Å². The highest BCUT2D eigenvalue weighted by molar-refractivity contribution is 5.69. The summed E-state index contributed by atoms with van der Waals surface area (Å²) in [6, 6.07) is 0. The highest BCUT2D eigenvalue weighted by atomic mass is 16.7. The third-order valence-corrected chi connectivity index (χ3v) is 12.6. The molecule has 0 aromatic carbocycles. The van der Waals surface area contributed by atoms with Crippen molar-refractivity contribution in [3.8, 4) is 0 Å². The SMILES string of the molecule is CC/C=C\C/C=C\C/C=C\C/C=C\C/C=C\C/C=C\CCCCCCCOCC(COC1OC(COC2OC(CO)C(O)C(O)C2O)C(O)C(O)C1O)OC(=O)CCCCCCC/C=C\C/C=C\CCCCC. The van der Waals surface area contributed by atoms with Crippen LogP contribution in [0.25, 0.3) is 0 Å². The minimum atomic E-state index is -1.72. The lowest BCUT2D eigenvalue weighted by molar-refractivity contribution is -0.332. The van der Waals surface area contributed by atoms with Crippen LogP contribution in [0.15, 0.2) is 97.2 Å². The van der Waals surface area contributed by atoms with Crippen LogP contribution in [0.4, 0.5) is 0 Å². The minimum absolute atomic E-state index is 0.0359. The van der Waals surface area contributed by atoms with Crippen LogP contribution < -0.4 is 0 Å². The molecule has 11 atom stereocenters. The maximum absolute atomic E-state index is 13.0. The number of aliphatic hydroxyl groups is 7. The van der Waals surface area contributed by atoms with Gasteiger partial charge in [0.1, 0.15) is 54.9 Å². The number of unbranched alkanes of at least 4 members (excludes halogenated alkanes) is 13. The lowest BCUT2D eigenvalue weighted by atomic mass is 9.98. The first-order valence-corrected chi connectivity index (χ1v) is 27.8. The van der Waals surface area contributed by atoms with E-state index in [9.17, 15) is 40.5 Å². The van der Waals surface area contributed by atoms with Crippen molar-refractivity contribution in [1.29, 1.82) is 0 Å². The molecule has 0 aromatic rings. The molecule has 0 bridgehead atoms. The molecule has 14 heteroatoms. The molecular weight excluding hydrogens is 933 g/mol. The largest absolute Gasteiger partial charge is 0.457 e. The molecule has 2 rings (SSSR count). The first-order chi connectivity index (χ1) is 35.6. The van der Waals surface area contributed by atoms with Gasteiger partial charge in [-0.25, -0.2) is 0 Å². The van der Waals surface area contributed by atoms with E-state index in [1.54, 1.807) is 0 Å². The highest BCUT2D eigenvalue weighted by Crippen LogP contribution is 2.26. The predicted molar refractivity (Wildman–Crippen MR) is 288 cm³/mol. The monoisotopic (exact) mass is 1030 g/mol. The molecule has 2 aliphatic heterocycles. The molecule has 11 unspecified atom stereocenters. The summed E-state index contributed by atoms with van der Waals surface area (Å²) < 4.78 is 34.3. The van der Waals surface area contributed by atoms with E-state index < -0.39 is 86.7 Å². The van der Waals surface area contributed by atoms with Gasteiger partial charge in [0.25, 0.3) is 0 Å². The number of allylic oxidation sites excluding steroid dienone is 16. The van der Waals surface area contributed by atoms with Crippen molar-refractivity contribution in [1.82, 2.24) is 0 Å².